The van der Waals surface area contributed by atoms with Gasteiger partial charge < -0.3 is 9.73 Å². The predicted molar refractivity (Wildman–Crippen MR) is 134 cm³/mol. The summed E-state index contributed by atoms with van der Waals surface area (Å²) in [5.41, 5.74) is 1.12. The maximum absolute atomic E-state index is 13.7. The van der Waals surface area contributed by atoms with Crippen LogP contribution in [0.2, 0.25) is 0 Å². The van der Waals surface area contributed by atoms with Gasteiger partial charge in [-0.15, -0.1) is 22.7 Å². The first-order valence-electron chi connectivity index (χ1n) is 11.0. The molecular formula is C24H25N3O3S3. The molecule has 9 heteroatoms. The van der Waals surface area contributed by atoms with Crippen molar-refractivity contribution in [3.05, 3.63) is 67.3 Å². The Bertz CT molecular complexity index is 1320. The average molecular weight is 500 g/mol. The van der Waals surface area contributed by atoms with E-state index in [1.165, 1.54) is 16.6 Å². The van der Waals surface area contributed by atoms with Crippen molar-refractivity contribution in [3.63, 3.8) is 0 Å². The summed E-state index contributed by atoms with van der Waals surface area (Å²) in [4.78, 5) is 34.5. The van der Waals surface area contributed by atoms with Crippen molar-refractivity contribution >= 4 is 50.6 Å². The minimum atomic E-state index is -0.397. The standard InChI is InChI=1S/C24H25N3O3S3/c1-14-7-8-18-19(11-14)33-22-20(18)23(29)27(13-16-5-3-9-30-16)24(26-22)32-15(2)21(28)25-12-17-6-4-10-31-17/h3-6,9-10,14-15H,7-8,11-13H2,1-2H3,(H,25,28). The van der Waals surface area contributed by atoms with Crippen molar-refractivity contribution in [1.82, 2.24) is 14.9 Å². The molecule has 1 aliphatic carbocycles. The van der Waals surface area contributed by atoms with Crippen LogP contribution in [0.1, 0.15) is 41.3 Å². The van der Waals surface area contributed by atoms with Crippen molar-refractivity contribution < 1.29 is 9.21 Å². The predicted octanol–water partition coefficient (Wildman–Crippen LogP) is 5.08. The Labute approximate surface area is 204 Å². The molecule has 1 N–H and O–H groups in total. The van der Waals surface area contributed by atoms with Gasteiger partial charge in [-0.1, -0.05) is 24.8 Å². The van der Waals surface area contributed by atoms with Crippen LogP contribution in [0.25, 0.3) is 10.2 Å². The summed E-state index contributed by atoms with van der Waals surface area (Å²) in [5, 5.41) is 5.88. The van der Waals surface area contributed by atoms with Crippen LogP contribution in [-0.4, -0.2) is 20.7 Å². The minimum absolute atomic E-state index is 0.0443. The second-order valence-corrected chi connectivity index (χ2v) is 11.9. The fourth-order valence-electron chi connectivity index (χ4n) is 4.14. The lowest BCUT2D eigenvalue weighted by molar-refractivity contribution is -0.120. The highest BCUT2D eigenvalue weighted by Crippen LogP contribution is 2.37. The van der Waals surface area contributed by atoms with Crippen LogP contribution in [-0.2, 0) is 30.7 Å². The maximum atomic E-state index is 13.7. The largest absolute Gasteiger partial charge is 0.467 e. The van der Waals surface area contributed by atoms with Gasteiger partial charge in [0.05, 0.1) is 30.0 Å². The monoisotopic (exact) mass is 499 g/mol. The van der Waals surface area contributed by atoms with Gasteiger partial charge in [0.2, 0.25) is 5.91 Å². The number of carbonyl (C=O) groups is 1. The average Bonchev–Trinajstić information content (AvgIpc) is 3.55. The molecule has 5 rings (SSSR count). The number of thioether (sulfide) groups is 1. The first-order valence-corrected chi connectivity index (χ1v) is 13.6. The van der Waals surface area contributed by atoms with Crippen LogP contribution < -0.4 is 10.9 Å². The van der Waals surface area contributed by atoms with Crippen LogP contribution in [0.4, 0.5) is 0 Å². The number of hydrogen-bond acceptors (Lipinski definition) is 7. The molecule has 0 saturated carbocycles. The summed E-state index contributed by atoms with van der Waals surface area (Å²) >= 11 is 4.57. The number of thiophene rings is 2. The number of hydrogen-bond donors (Lipinski definition) is 1. The first kappa shape index (κ1) is 22.4. The van der Waals surface area contributed by atoms with E-state index in [0.29, 0.717) is 29.9 Å². The summed E-state index contributed by atoms with van der Waals surface area (Å²) in [6.07, 6.45) is 4.61. The molecule has 0 aliphatic heterocycles. The molecule has 4 aromatic rings. The molecule has 172 valence electrons. The number of amides is 1. The van der Waals surface area contributed by atoms with Crippen molar-refractivity contribution in [3.8, 4) is 0 Å². The number of rotatable bonds is 7. The Morgan fingerprint density at radius 3 is 3.03 bits per heavy atom. The molecule has 4 heterocycles. The molecule has 0 bridgehead atoms. The summed E-state index contributed by atoms with van der Waals surface area (Å²) < 4.78 is 7.19. The Hall–Kier alpha value is -2.36. The van der Waals surface area contributed by atoms with Gasteiger partial charge in [-0.2, -0.15) is 0 Å². The molecule has 2 unspecified atom stereocenters. The molecule has 6 nitrogen and oxygen atoms in total. The van der Waals surface area contributed by atoms with Gasteiger partial charge in [-0.25, -0.2) is 4.98 Å². The fourth-order valence-corrected chi connectivity index (χ4v) is 7.14. The smallest absolute Gasteiger partial charge is 0.263 e. The summed E-state index contributed by atoms with van der Waals surface area (Å²) in [6.45, 7) is 4.90. The van der Waals surface area contributed by atoms with Gasteiger partial charge in [0.25, 0.3) is 5.56 Å². The van der Waals surface area contributed by atoms with Gasteiger partial charge in [-0.3, -0.25) is 14.2 Å². The van der Waals surface area contributed by atoms with Gasteiger partial charge in [0.1, 0.15) is 10.6 Å². The zero-order chi connectivity index (χ0) is 22.9. The number of carbonyl (C=O) groups excluding carboxylic acids is 1. The van der Waals surface area contributed by atoms with E-state index in [2.05, 4.69) is 12.2 Å². The second kappa shape index (κ2) is 9.48. The molecule has 2 atom stereocenters. The highest BCUT2D eigenvalue weighted by molar-refractivity contribution is 8.00. The maximum Gasteiger partial charge on any atom is 0.263 e. The van der Waals surface area contributed by atoms with Crippen molar-refractivity contribution in [1.29, 1.82) is 0 Å². The van der Waals surface area contributed by atoms with E-state index in [1.807, 2.05) is 36.6 Å². The number of furan rings is 1. The van der Waals surface area contributed by atoms with E-state index < -0.39 is 5.25 Å². The number of aryl methyl sites for hydroxylation is 1. The van der Waals surface area contributed by atoms with Crippen LogP contribution in [0, 0.1) is 5.92 Å². The third-order valence-electron chi connectivity index (χ3n) is 5.94. The second-order valence-electron chi connectivity index (χ2n) is 8.45. The topological polar surface area (TPSA) is 77.1 Å². The van der Waals surface area contributed by atoms with Crippen LogP contribution >= 0.6 is 34.4 Å². The van der Waals surface area contributed by atoms with E-state index in [0.717, 1.165) is 39.9 Å². The van der Waals surface area contributed by atoms with Crippen molar-refractivity contribution in [2.45, 2.75) is 56.6 Å². The Balaban J connectivity index is 1.48. The Morgan fingerprint density at radius 2 is 2.27 bits per heavy atom. The molecule has 1 aliphatic rings. The van der Waals surface area contributed by atoms with E-state index in [4.69, 9.17) is 9.40 Å². The van der Waals surface area contributed by atoms with Crippen LogP contribution in [0.15, 0.2) is 50.3 Å². The lowest BCUT2D eigenvalue weighted by Gasteiger charge is -2.18. The van der Waals surface area contributed by atoms with Gasteiger partial charge >= 0.3 is 0 Å². The normalized spacial score (nSPS) is 16.6. The minimum Gasteiger partial charge on any atom is -0.467 e. The van der Waals surface area contributed by atoms with E-state index in [9.17, 15) is 9.59 Å². The molecular weight excluding hydrogens is 474 g/mol. The van der Waals surface area contributed by atoms with Gasteiger partial charge in [-0.05, 0) is 61.2 Å². The molecule has 0 fully saturated rings. The summed E-state index contributed by atoms with van der Waals surface area (Å²) in [6, 6.07) is 7.64. The summed E-state index contributed by atoms with van der Waals surface area (Å²) in [7, 11) is 0. The van der Waals surface area contributed by atoms with E-state index in [-0.39, 0.29) is 11.5 Å². The lowest BCUT2D eigenvalue weighted by Crippen LogP contribution is -2.31. The van der Waals surface area contributed by atoms with Crippen molar-refractivity contribution in [2.75, 3.05) is 0 Å². The molecule has 0 radical (unpaired) electrons. The fraction of sp³-hybridized carbons (Fsp3) is 0.375. The molecule has 4 aromatic heterocycles. The molecule has 0 aromatic carbocycles. The van der Waals surface area contributed by atoms with E-state index in [1.54, 1.807) is 33.5 Å². The SMILES string of the molecule is CC1CCc2c(sc3nc(SC(C)C(=O)NCc4cccs4)n(Cc4ccco4)c(=O)c23)C1. The molecule has 0 spiro atoms. The Kier molecular flexibility index (Phi) is 6.44. The number of nitrogens with one attached hydrogen (secondary N) is 1. The quantitative estimate of drug-likeness (QED) is 0.283. The lowest BCUT2D eigenvalue weighted by atomic mass is 9.89. The zero-order valence-corrected chi connectivity index (χ0v) is 20.9. The number of nitrogens with zero attached hydrogens (tertiary/aromatic N) is 2. The van der Waals surface area contributed by atoms with Crippen LogP contribution in [0.3, 0.4) is 0 Å². The van der Waals surface area contributed by atoms with Crippen molar-refractivity contribution in [2.24, 2.45) is 5.92 Å². The first-order chi connectivity index (χ1) is 16.0. The molecule has 1 amide bonds. The van der Waals surface area contributed by atoms with E-state index >= 15 is 0 Å². The third-order valence-corrected chi connectivity index (χ3v) is 9.06. The number of aromatic nitrogens is 2. The molecule has 0 saturated heterocycles. The van der Waals surface area contributed by atoms with Gasteiger partial charge in [0.15, 0.2) is 5.16 Å². The summed E-state index contributed by atoms with van der Waals surface area (Å²) in [5.74, 6) is 1.23. The third kappa shape index (κ3) is 4.67. The molecule has 33 heavy (non-hydrogen) atoms. The Morgan fingerprint density at radius 1 is 1.39 bits per heavy atom. The zero-order valence-electron chi connectivity index (χ0n) is 18.5. The van der Waals surface area contributed by atoms with Gasteiger partial charge in [0, 0.05) is 9.75 Å². The van der Waals surface area contributed by atoms with Crippen LogP contribution in [0.5, 0.6) is 0 Å². The highest BCUT2D eigenvalue weighted by Gasteiger charge is 2.26. The highest BCUT2D eigenvalue weighted by atomic mass is 32.2. The number of fused-ring (bicyclic) bond motifs is 3.